The van der Waals surface area contributed by atoms with Gasteiger partial charge in [0.15, 0.2) is 0 Å². The summed E-state index contributed by atoms with van der Waals surface area (Å²) in [5.74, 6) is -0.246. The van der Waals surface area contributed by atoms with Crippen molar-refractivity contribution in [2.75, 3.05) is 26.7 Å². The first-order valence-electron chi connectivity index (χ1n) is 8.38. The van der Waals surface area contributed by atoms with Crippen molar-refractivity contribution in [1.82, 2.24) is 15.1 Å². The molecule has 0 aliphatic carbocycles. The Bertz CT molecular complexity index is 375. The van der Waals surface area contributed by atoms with Crippen molar-refractivity contribution in [3.63, 3.8) is 0 Å². The smallest absolute Gasteiger partial charge is 0.237 e. The number of carbonyl (C=O) groups excluding carboxylic acids is 1. The summed E-state index contributed by atoms with van der Waals surface area (Å²) in [6.45, 7) is 9.21. The van der Waals surface area contributed by atoms with Crippen LogP contribution in [-0.2, 0) is 4.79 Å². The molecule has 5 heteroatoms. The quantitative estimate of drug-likeness (QED) is 0.761. The van der Waals surface area contributed by atoms with E-state index < -0.39 is 5.54 Å². The van der Waals surface area contributed by atoms with E-state index in [1.54, 1.807) is 0 Å². The van der Waals surface area contributed by atoms with Crippen LogP contribution in [0.15, 0.2) is 0 Å². The van der Waals surface area contributed by atoms with Gasteiger partial charge in [-0.15, -0.1) is 0 Å². The van der Waals surface area contributed by atoms with Crippen LogP contribution in [-0.4, -0.2) is 66.1 Å². The molecule has 2 aliphatic heterocycles. The Morgan fingerprint density at radius 2 is 2.05 bits per heavy atom. The third-order valence-corrected chi connectivity index (χ3v) is 5.62. The highest BCUT2D eigenvalue weighted by atomic mass is 16.1. The highest BCUT2D eigenvalue weighted by Gasteiger charge is 2.38. The molecular formula is C16H32N4O. The Kier molecular flexibility index (Phi) is 5.28. The van der Waals surface area contributed by atoms with Gasteiger partial charge in [-0.1, -0.05) is 6.92 Å². The first-order chi connectivity index (χ1) is 9.87. The molecule has 5 nitrogen and oxygen atoms in total. The summed E-state index contributed by atoms with van der Waals surface area (Å²) in [4.78, 5) is 16.9. The van der Waals surface area contributed by atoms with Gasteiger partial charge in [-0.25, -0.2) is 0 Å². The average molecular weight is 296 g/mol. The van der Waals surface area contributed by atoms with Gasteiger partial charge in [0.05, 0.1) is 5.54 Å². The molecule has 122 valence electrons. The van der Waals surface area contributed by atoms with Crippen molar-refractivity contribution in [1.29, 1.82) is 0 Å². The zero-order valence-electron chi connectivity index (χ0n) is 14.1. The number of nitrogens with one attached hydrogen (secondary N) is 1. The molecular weight excluding hydrogens is 264 g/mol. The predicted octanol–water partition coefficient (Wildman–Crippen LogP) is 0.787. The van der Waals surface area contributed by atoms with Crippen molar-refractivity contribution in [3.8, 4) is 0 Å². The van der Waals surface area contributed by atoms with Crippen LogP contribution in [0.1, 0.15) is 46.5 Å². The zero-order valence-corrected chi connectivity index (χ0v) is 14.1. The number of primary amides is 1. The van der Waals surface area contributed by atoms with E-state index in [1.165, 1.54) is 19.3 Å². The Balaban J connectivity index is 1.99. The van der Waals surface area contributed by atoms with Crippen LogP contribution < -0.4 is 11.1 Å². The van der Waals surface area contributed by atoms with Crippen molar-refractivity contribution in [2.45, 2.75) is 70.1 Å². The molecule has 3 N–H and O–H groups in total. The Morgan fingerprint density at radius 3 is 2.67 bits per heavy atom. The van der Waals surface area contributed by atoms with Crippen molar-refractivity contribution in [2.24, 2.45) is 5.73 Å². The van der Waals surface area contributed by atoms with E-state index in [9.17, 15) is 4.79 Å². The molecule has 0 saturated carbocycles. The minimum atomic E-state index is -0.606. The van der Waals surface area contributed by atoms with Crippen LogP contribution >= 0.6 is 0 Å². The van der Waals surface area contributed by atoms with Crippen molar-refractivity contribution < 1.29 is 4.79 Å². The molecule has 21 heavy (non-hydrogen) atoms. The predicted molar refractivity (Wildman–Crippen MR) is 86.1 cm³/mol. The minimum absolute atomic E-state index is 0.246. The first kappa shape index (κ1) is 16.7. The molecule has 2 saturated heterocycles. The summed E-state index contributed by atoms with van der Waals surface area (Å²) in [7, 11) is 2.27. The van der Waals surface area contributed by atoms with Crippen LogP contribution in [0.25, 0.3) is 0 Å². The molecule has 2 heterocycles. The molecule has 0 aromatic rings. The molecule has 4 atom stereocenters. The monoisotopic (exact) mass is 296 g/mol. The Labute approximate surface area is 129 Å². The van der Waals surface area contributed by atoms with Gasteiger partial charge in [0.25, 0.3) is 0 Å². The normalized spacial score (nSPS) is 31.6. The number of nitrogens with two attached hydrogens (primary N) is 1. The van der Waals surface area contributed by atoms with E-state index in [-0.39, 0.29) is 5.91 Å². The molecule has 2 rings (SSSR count). The lowest BCUT2D eigenvalue weighted by Gasteiger charge is -2.36. The molecule has 4 unspecified atom stereocenters. The number of likely N-dealkylation sites (tertiary alicyclic amines) is 1. The maximum absolute atomic E-state index is 11.8. The number of fused-ring (bicyclic) bond motifs is 2. The van der Waals surface area contributed by atoms with Gasteiger partial charge < -0.3 is 11.1 Å². The van der Waals surface area contributed by atoms with E-state index in [2.05, 4.69) is 29.1 Å². The number of amides is 1. The summed E-state index contributed by atoms with van der Waals surface area (Å²) in [6, 6.07) is 1.80. The van der Waals surface area contributed by atoms with Crippen LogP contribution in [0.4, 0.5) is 0 Å². The number of carbonyl (C=O) groups is 1. The van der Waals surface area contributed by atoms with Gasteiger partial charge in [-0.05, 0) is 59.7 Å². The summed E-state index contributed by atoms with van der Waals surface area (Å²) in [5.41, 5.74) is 5.01. The van der Waals surface area contributed by atoms with Gasteiger partial charge >= 0.3 is 0 Å². The van der Waals surface area contributed by atoms with Crippen LogP contribution in [0.5, 0.6) is 0 Å². The summed E-state index contributed by atoms with van der Waals surface area (Å²) in [5, 5.41) is 3.28. The van der Waals surface area contributed by atoms with Crippen molar-refractivity contribution in [3.05, 3.63) is 0 Å². The van der Waals surface area contributed by atoms with E-state index in [0.29, 0.717) is 12.1 Å². The van der Waals surface area contributed by atoms with Gasteiger partial charge in [-0.2, -0.15) is 0 Å². The third-order valence-electron chi connectivity index (χ3n) is 5.62. The first-order valence-corrected chi connectivity index (χ1v) is 8.38. The number of likely N-dealkylation sites (N-methyl/N-ethyl adjacent to an activating group) is 2. The number of rotatable bonds is 6. The maximum Gasteiger partial charge on any atom is 0.237 e. The van der Waals surface area contributed by atoms with E-state index in [4.69, 9.17) is 5.73 Å². The molecule has 2 bridgehead atoms. The highest BCUT2D eigenvalue weighted by Crippen LogP contribution is 2.30. The average Bonchev–Trinajstić information content (AvgIpc) is 2.62. The van der Waals surface area contributed by atoms with Crippen LogP contribution in [0, 0.1) is 0 Å². The van der Waals surface area contributed by atoms with Gasteiger partial charge in [0.1, 0.15) is 0 Å². The maximum atomic E-state index is 11.8. The zero-order chi connectivity index (χ0) is 15.6. The molecule has 2 fully saturated rings. The second kappa shape index (κ2) is 6.63. The molecule has 0 aromatic heterocycles. The fraction of sp³-hybridized carbons (Fsp3) is 0.938. The summed E-state index contributed by atoms with van der Waals surface area (Å²) < 4.78 is 0. The van der Waals surface area contributed by atoms with Gasteiger partial charge in [0, 0.05) is 24.7 Å². The fourth-order valence-corrected chi connectivity index (χ4v) is 4.11. The van der Waals surface area contributed by atoms with E-state index in [0.717, 1.165) is 32.1 Å². The Morgan fingerprint density at radius 1 is 1.38 bits per heavy atom. The lowest BCUT2D eigenvalue weighted by molar-refractivity contribution is -0.124. The fourth-order valence-electron chi connectivity index (χ4n) is 4.11. The van der Waals surface area contributed by atoms with Crippen LogP contribution in [0.2, 0.25) is 0 Å². The second-order valence-corrected chi connectivity index (χ2v) is 7.11. The van der Waals surface area contributed by atoms with Crippen LogP contribution in [0.3, 0.4) is 0 Å². The highest BCUT2D eigenvalue weighted by molar-refractivity contribution is 5.84. The molecule has 0 aromatic carbocycles. The SMILES string of the molecule is CCNC(C)(CC(C)N1CCC2CCC(C1)N2C)C(N)=O. The lowest BCUT2D eigenvalue weighted by atomic mass is 9.91. The number of hydrogen-bond donors (Lipinski definition) is 2. The van der Waals surface area contributed by atoms with E-state index in [1.807, 2.05) is 13.8 Å². The lowest BCUT2D eigenvalue weighted by Crippen LogP contribution is -2.56. The number of nitrogens with zero attached hydrogens (tertiary/aromatic N) is 2. The molecule has 0 spiro atoms. The van der Waals surface area contributed by atoms with Gasteiger partial charge in [-0.3, -0.25) is 14.6 Å². The molecule has 2 aliphatic rings. The standard InChI is InChI=1S/C16H32N4O/c1-5-18-16(3,15(17)21)10-12(2)20-9-8-13-6-7-14(11-20)19(13)4/h12-14,18H,5-11H2,1-4H3,(H2,17,21). The molecule has 1 amide bonds. The van der Waals surface area contributed by atoms with Gasteiger partial charge in [0.2, 0.25) is 5.91 Å². The molecule has 0 radical (unpaired) electrons. The Hall–Kier alpha value is -0.650. The van der Waals surface area contributed by atoms with Crippen molar-refractivity contribution >= 4 is 5.91 Å². The summed E-state index contributed by atoms with van der Waals surface area (Å²) >= 11 is 0. The van der Waals surface area contributed by atoms with E-state index >= 15 is 0 Å². The third kappa shape index (κ3) is 3.58. The number of hydrogen-bond acceptors (Lipinski definition) is 4. The topological polar surface area (TPSA) is 61.6 Å². The largest absolute Gasteiger partial charge is 0.368 e. The minimum Gasteiger partial charge on any atom is -0.368 e. The second-order valence-electron chi connectivity index (χ2n) is 7.11. The summed E-state index contributed by atoms with van der Waals surface area (Å²) in [6.07, 6.45) is 4.67.